The molecule has 0 unspecified atom stereocenters. The second-order valence-corrected chi connectivity index (χ2v) is 6.24. The molecule has 0 bridgehead atoms. The molecular formula is C16H19NO2. The highest BCUT2D eigenvalue weighted by molar-refractivity contribution is 5.83. The summed E-state index contributed by atoms with van der Waals surface area (Å²) in [6, 6.07) is 7.89. The van der Waals surface area contributed by atoms with Crippen molar-refractivity contribution in [1.29, 1.82) is 0 Å². The van der Waals surface area contributed by atoms with E-state index >= 15 is 0 Å². The van der Waals surface area contributed by atoms with Gasteiger partial charge in [0, 0.05) is 23.4 Å². The molecule has 1 saturated carbocycles. The van der Waals surface area contributed by atoms with Crippen molar-refractivity contribution in [1.82, 2.24) is 5.32 Å². The second-order valence-electron chi connectivity index (χ2n) is 6.24. The largest absolute Gasteiger partial charge is 0.464 e. The zero-order valence-corrected chi connectivity index (χ0v) is 11.4. The van der Waals surface area contributed by atoms with Crippen LogP contribution in [0.1, 0.15) is 32.3 Å². The van der Waals surface area contributed by atoms with Crippen molar-refractivity contribution in [2.24, 2.45) is 11.3 Å². The minimum atomic E-state index is 0.171. The second kappa shape index (κ2) is 4.41. The molecule has 0 spiro atoms. The summed E-state index contributed by atoms with van der Waals surface area (Å²) >= 11 is 0. The van der Waals surface area contributed by atoms with Crippen LogP contribution in [0, 0.1) is 11.3 Å². The maximum Gasteiger partial charge on any atom is 0.223 e. The molecule has 3 heteroatoms. The van der Waals surface area contributed by atoms with Gasteiger partial charge in [0.1, 0.15) is 5.58 Å². The van der Waals surface area contributed by atoms with Gasteiger partial charge in [0.15, 0.2) is 0 Å². The first-order valence-electron chi connectivity index (χ1n) is 6.78. The monoisotopic (exact) mass is 257 g/mol. The lowest BCUT2D eigenvalue weighted by Crippen LogP contribution is -2.42. The van der Waals surface area contributed by atoms with Crippen LogP contribution in [-0.2, 0) is 11.3 Å². The number of benzene rings is 1. The number of hydrogen-bond donors (Lipinski definition) is 1. The molecule has 1 aliphatic rings. The van der Waals surface area contributed by atoms with Crippen LogP contribution in [0.2, 0.25) is 0 Å². The average Bonchev–Trinajstić information content (AvgIpc) is 2.76. The molecule has 3 rings (SSSR count). The predicted molar refractivity (Wildman–Crippen MR) is 74.6 cm³/mol. The van der Waals surface area contributed by atoms with E-state index in [4.69, 9.17) is 4.42 Å². The number of furan rings is 1. The highest BCUT2D eigenvalue weighted by atomic mass is 16.3. The summed E-state index contributed by atoms with van der Waals surface area (Å²) in [5.41, 5.74) is 2.25. The van der Waals surface area contributed by atoms with Crippen molar-refractivity contribution in [3.05, 3.63) is 36.1 Å². The molecule has 100 valence electrons. The zero-order valence-electron chi connectivity index (χ0n) is 11.4. The number of amides is 1. The van der Waals surface area contributed by atoms with Crippen LogP contribution in [-0.4, -0.2) is 5.91 Å². The van der Waals surface area contributed by atoms with E-state index in [1.165, 1.54) is 0 Å². The van der Waals surface area contributed by atoms with Crippen LogP contribution < -0.4 is 5.32 Å². The van der Waals surface area contributed by atoms with Crippen LogP contribution in [0.4, 0.5) is 0 Å². The topological polar surface area (TPSA) is 42.2 Å². The third-order valence-corrected chi connectivity index (χ3v) is 3.98. The lowest BCUT2D eigenvalue weighted by molar-refractivity contribution is -0.131. The van der Waals surface area contributed by atoms with Gasteiger partial charge in [0.2, 0.25) is 5.91 Å². The van der Waals surface area contributed by atoms with Crippen molar-refractivity contribution in [3.63, 3.8) is 0 Å². The Bertz CT molecular complexity index is 604. The SMILES string of the molecule is CC1(C)CC(C(=O)NCc2coc3ccccc23)C1. The Balaban J connectivity index is 1.62. The number of fused-ring (bicyclic) bond motifs is 1. The third kappa shape index (κ3) is 2.37. The lowest BCUT2D eigenvalue weighted by Gasteiger charge is -2.41. The Labute approximate surface area is 113 Å². The third-order valence-electron chi connectivity index (χ3n) is 3.98. The Hall–Kier alpha value is -1.77. The molecule has 1 N–H and O–H groups in total. The fourth-order valence-electron chi connectivity index (χ4n) is 2.96. The van der Waals surface area contributed by atoms with Gasteiger partial charge < -0.3 is 9.73 Å². The molecule has 1 heterocycles. The molecule has 2 aromatic rings. The van der Waals surface area contributed by atoms with Crippen LogP contribution in [0.25, 0.3) is 11.0 Å². The van der Waals surface area contributed by atoms with Crippen molar-refractivity contribution < 1.29 is 9.21 Å². The van der Waals surface area contributed by atoms with Crippen LogP contribution >= 0.6 is 0 Å². The van der Waals surface area contributed by atoms with Gasteiger partial charge in [-0.15, -0.1) is 0 Å². The molecule has 3 nitrogen and oxygen atoms in total. The van der Waals surface area contributed by atoms with Gasteiger partial charge in [0.05, 0.1) is 6.26 Å². The highest BCUT2D eigenvalue weighted by Gasteiger charge is 2.40. The summed E-state index contributed by atoms with van der Waals surface area (Å²) in [5, 5.41) is 4.10. The molecule has 1 aliphatic carbocycles. The number of carbonyl (C=O) groups is 1. The lowest BCUT2D eigenvalue weighted by atomic mass is 9.64. The molecule has 0 saturated heterocycles. The van der Waals surface area contributed by atoms with Gasteiger partial charge in [0.25, 0.3) is 0 Å². The summed E-state index contributed by atoms with van der Waals surface area (Å²) in [6.45, 7) is 4.97. The number of rotatable bonds is 3. The fourth-order valence-corrected chi connectivity index (χ4v) is 2.96. The van der Waals surface area contributed by atoms with E-state index in [9.17, 15) is 4.79 Å². The smallest absolute Gasteiger partial charge is 0.223 e. The van der Waals surface area contributed by atoms with Crippen molar-refractivity contribution >= 4 is 16.9 Å². The van der Waals surface area contributed by atoms with Crippen molar-refractivity contribution in [2.45, 2.75) is 33.2 Å². The van der Waals surface area contributed by atoms with Crippen molar-refractivity contribution in [3.8, 4) is 0 Å². The average molecular weight is 257 g/mol. The maximum absolute atomic E-state index is 12.0. The summed E-state index contributed by atoms with van der Waals surface area (Å²) in [4.78, 5) is 12.0. The molecule has 19 heavy (non-hydrogen) atoms. The zero-order chi connectivity index (χ0) is 13.5. The van der Waals surface area contributed by atoms with E-state index in [0.717, 1.165) is 29.4 Å². The van der Waals surface area contributed by atoms with Crippen LogP contribution in [0.15, 0.2) is 34.9 Å². The maximum atomic E-state index is 12.0. The molecule has 1 fully saturated rings. The Kier molecular flexibility index (Phi) is 2.85. The first kappa shape index (κ1) is 12.3. The van der Waals surface area contributed by atoms with E-state index in [1.807, 2.05) is 24.3 Å². The summed E-state index contributed by atoms with van der Waals surface area (Å²) < 4.78 is 5.46. The number of nitrogens with one attached hydrogen (secondary N) is 1. The number of carbonyl (C=O) groups excluding carboxylic acids is 1. The van der Waals surface area contributed by atoms with E-state index in [0.29, 0.717) is 12.0 Å². The quantitative estimate of drug-likeness (QED) is 0.914. The van der Waals surface area contributed by atoms with Gasteiger partial charge in [-0.05, 0) is 24.3 Å². The van der Waals surface area contributed by atoms with E-state index in [2.05, 4.69) is 19.2 Å². The van der Waals surface area contributed by atoms with E-state index in [-0.39, 0.29) is 11.8 Å². The van der Waals surface area contributed by atoms with Gasteiger partial charge in [-0.25, -0.2) is 0 Å². The minimum absolute atomic E-state index is 0.171. The normalized spacial score (nSPS) is 18.2. The molecule has 1 aromatic heterocycles. The molecule has 0 atom stereocenters. The van der Waals surface area contributed by atoms with Crippen LogP contribution in [0.5, 0.6) is 0 Å². The van der Waals surface area contributed by atoms with Gasteiger partial charge in [-0.3, -0.25) is 4.79 Å². The predicted octanol–water partition coefficient (Wildman–Crippen LogP) is 3.49. The van der Waals surface area contributed by atoms with Gasteiger partial charge in [-0.1, -0.05) is 32.0 Å². The summed E-state index contributed by atoms with van der Waals surface area (Å²) in [6.07, 6.45) is 3.71. The first-order valence-corrected chi connectivity index (χ1v) is 6.78. The molecular weight excluding hydrogens is 238 g/mol. The van der Waals surface area contributed by atoms with Crippen molar-refractivity contribution in [2.75, 3.05) is 0 Å². The van der Waals surface area contributed by atoms with E-state index < -0.39 is 0 Å². The Morgan fingerprint density at radius 2 is 2.11 bits per heavy atom. The Morgan fingerprint density at radius 1 is 1.37 bits per heavy atom. The molecule has 0 radical (unpaired) electrons. The number of para-hydroxylation sites is 1. The minimum Gasteiger partial charge on any atom is -0.464 e. The molecule has 0 aliphatic heterocycles. The highest BCUT2D eigenvalue weighted by Crippen LogP contribution is 2.44. The summed E-state index contributed by atoms with van der Waals surface area (Å²) in [5.74, 6) is 0.359. The van der Waals surface area contributed by atoms with Crippen LogP contribution in [0.3, 0.4) is 0 Å². The number of hydrogen-bond acceptors (Lipinski definition) is 2. The standard InChI is InChI=1S/C16H19NO2/c1-16(2)7-11(8-16)15(18)17-9-12-10-19-14-6-4-3-5-13(12)14/h3-6,10-11H,7-9H2,1-2H3,(H,17,18). The molecule has 1 aromatic carbocycles. The Morgan fingerprint density at radius 3 is 2.84 bits per heavy atom. The van der Waals surface area contributed by atoms with Gasteiger partial charge in [-0.2, -0.15) is 0 Å². The first-order chi connectivity index (χ1) is 9.05. The summed E-state index contributed by atoms with van der Waals surface area (Å²) in [7, 11) is 0. The van der Waals surface area contributed by atoms with Gasteiger partial charge >= 0.3 is 0 Å². The fraction of sp³-hybridized carbons (Fsp3) is 0.438. The molecule has 1 amide bonds. The van der Waals surface area contributed by atoms with E-state index in [1.54, 1.807) is 6.26 Å².